The van der Waals surface area contributed by atoms with Crippen molar-refractivity contribution in [2.75, 3.05) is 13.1 Å². The van der Waals surface area contributed by atoms with Crippen molar-refractivity contribution in [2.45, 2.75) is 18.9 Å². The van der Waals surface area contributed by atoms with E-state index in [1.807, 2.05) is 0 Å². The first kappa shape index (κ1) is 13.8. The number of likely N-dealkylation sites (tertiary alicyclic amines) is 1. The molecule has 1 amide bonds. The van der Waals surface area contributed by atoms with E-state index >= 15 is 0 Å². The van der Waals surface area contributed by atoms with E-state index in [1.54, 1.807) is 4.90 Å². The summed E-state index contributed by atoms with van der Waals surface area (Å²) in [5, 5.41) is 0. The molecule has 1 aliphatic rings. The molecule has 102 valence electrons. The number of hydrogen-bond donors (Lipinski definition) is 0. The Hall–Kier alpha value is -1.62. The van der Waals surface area contributed by atoms with Crippen LogP contribution in [-0.2, 0) is 4.74 Å². The number of ether oxygens (including phenoxy) is 1. The van der Waals surface area contributed by atoms with Crippen LogP contribution in [0.3, 0.4) is 0 Å². The summed E-state index contributed by atoms with van der Waals surface area (Å²) in [6.45, 7) is 0.904. The number of carbonyl (C=O) groups is 2. The normalized spacial score (nSPS) is 19.1. The van der Waals surface area contributed by atoms with Crippen LogP contribution in [0.25, 0.3) is 0 Å². The molecule has 0 spiro atoms. The number of hydrogen-bond acceptors (Lipinski definition) is 3. The molecule has 2 rings (SSSR count). The molecular formula is C13H13ClFNO3. The Bertz CT molecular complexity index is 477. The SMILES string of the molecule is O=C(Cl)O[C@H]1CCCN(C(=O)c2ccc(F)cc2)C1. The highest BCUT2D eigenvalue weighted by atomic mass is 35.5. The summed E-state index contributed by atoms with van der Waals surface area (Å²) >= 11 is 5.17. The number of amides is 1. The molecule has 0 bridgehead atoms. The molecule has 0 saturated carbocycles. The summed E-state index contributed by atoms with van der Waals surface area (Å²) in [5.74, 6) is -0.584. The monoisotopic (exact) mass is 285 g/mol. The quantitative estimate of drug-likeness (QED) is 0.785. The van der Waals surface area contributed by atoms with Crippen LogP contribution < -0.4 is 0 Å². The first-order valence-corrected chi connectivity index (χ1v) is 6.35. The summed E-state index contributed by atoms with van der Waals surface area (Å²) in [7, 11) is 0. The van der Waals surface area contributed by atoms with Crippen molar-refractivity contribution < 1.29 is 18.7 Å². The van der Waals surface area contributed by atoms with Crippen LogP contribution in [0.2, 0.25) is 0 Å². The molecule has 1 aromatic rings. The fourth-order valence-corrected chi connectivity index (χ4v) is 2.25. The van der Waals surface area contributed by atoms with E-state index in [0.717, 1.165) is 6.42 Å². The number of piperidine rings is 1. The van der Waals surface area contributed by atoms with Gasteiger partial charge in [0.2, 0.25) is 0 Å². The Morgan fingerprint density at radius 1 is 1.32 bits per heavy atom. The Morgan fingerprint density at radius 3 is 2.63 bits per heavy atom. The highest BCUT2D eigenvalue weighted by Crippen LogP contribution is 2.17. The lowest BCUT2D eigenvalue weighted by Gasteiger charge is -2.31. The van der Waals surface area contributed by atoms with Gasteiger partial charge in [0.05, 0.1) is 6.54 Å². The third-order valence-corrected chi connectivity index (χ3v) is 3.10. The Kier molecular flexibility index (Phi) is 4.37. The molecule has 0 unspecified atom stereocenters. The number of nitrogens with zero attached hydrogens (tertiary/aromatic N) is 1. The summed E-state index contributed by atoms with van der Waals surface area (Å²) < 4.78 is 17.7. The van der Waals surface area contributed by atoms with Crippen molar-refractivity contribution in [1.29, 1.82) is 0 Å². The van der Waals surface area contributed by atoms with Gasteiger partial charge in [0, 0.05) is 23.7 Å². The standard InChI is InChI=1S/C13H13ClFNO3/c14-13(18)19-11-2-1-7-16(8-11)12(17)9-3-5-10(15)6-4-9/h3-6,11H,1-2,7-8H2/t11-/m0/s1. The Morgan fingerprint density at radius 2 is 2.00 bits per heavy atom. The number of halogens is 2. The lowest BCUT2D eigenvalue weighted by atomic mass is 10.1. The van der Waals surface area contributed by atoms with E-state index in [2.05, 4.69) is 0 Å². The Labute approximate surface area is 115 Å². The molecule has 1 aliphatic heterocycles. The average molecular weight is 286 g/mol. The average Bonchev–Trinajstić information content (AvgIpc) is 2.38. The molecule has 1 aromatic carbocycles. The van der Waals surface area contributed by atoms with Crippen LogP contribution in [0, 0.1) is 5.82 Å². The lowest BCUT2D eigenvalue weighted by molar-refractivity contribution is 0.0418. The Balaban J connectivity index is 2.02. The summed E-state index contributed by atoms with van der Waals surface area (Å²) in [4.78, 5) is 24.5. The van der Waals surface area contributed by atoms with Crippen LogP contribution >= 0.6 is 11.6 Å². The number of benzene rings is 1. The molecule has 0 N–H and O–H groups in total. The first-order chi connectivity index (χ1) is 9.06. The molecular weight excluding hydrogens is 273 g/mol. The first-order valence-electron chi connectivity index (χ1n) is 5.97. The third kappa shape index (κ3) is 3.67. The number of carbonyl (C=O) groups excluding carboxylic acids is 2. The van der Waals surface area contributed by atoms with Gasteiger partial charge in [-0.25, -0.2) is 9.18 Å². The zero-order chi connectivity index (χ0) is 13.8. The van der Waals surface area contributed by atoms with E-state index in [9.17, 15) is 14.0 Å². The van der Waals surface area contributed by atoms with Crippen molar-refractivity contribution in [3.63, 3.8) is 0 Å². The molecule has 6 heteroatoms. The van der Waals surface area contributed by atoms with E-state index in [-0.39, 0.29) is 17.8 Å². The van der Waals surface area contributed by atoms with Crippen molar-refractivity contribution in [3.05, 3.63) is 35.6 Å². The van der Waals surface area contributed by atoms with Gasteiger partial charge in [-0.1, -0.05) is 0 Å². The zero-order valence-corrected chi connectivity index (χ0v) is 10.9. The van der Waals surface area contributed by atoms with E-state index in [1.165, 1.54) is 24.3 Å². The maximum absolute atomic E-state index is 12.8. The van der Waals surface area contributed by atoms with Crippen molar-refractivity contribution >= 4 is 22.9 Å². The minimum Gasteiger partial charge on any atom is -0.448 e. The fourth-order valence-electron chi connectivity index (χ4n) is 2.12. The van der Waals surface area contributed by atoms with Gasteiger partial charge in [0.25, 0.3) is 5.91 Å². The van der Waals surface area contributed by atoms with Crippen LogP contribution in [0.4, 0.5) is 9.18 Å². The van der Waals surface area contributed by atoms with Crippen LogP contribution in [0.1, 0.15) is 23.2 Å². The maximum Gasteiger partial charge on any atom is 0.404 e. The van der Waals surface area contributed by atoms with Gasteiger partial charge >= 0.3 is 5.43 Å². The zero-order valence-electron chi connectivity index (χ0n) is 10.1. The van der Waals surface area contributed by atoms with E-state index in [0.29, 0.717) is 25.1 Å². The third-order valence-electron chi connectivity index (χ3n) is 3.02. The van der Waals surface area contributed by atoms with Gasteiger partial charge in [-0.15, -0.1) is 0 Å². The van der Waals surface area contributed by atoms with Gasteiger partial charge in [-0.2, -0.15) is 0 Å². The largest absolute Gasteiger partial charge is 0.448 e. The van der Waals surface area contributed by atoms with Crippen molar-refractivity contribution in [2.24, 2.45) is 0 Å². The summed E-state index contributed by atoms with van der Waals surface area (Å²) in [6, 6.07) is 5.37. The molecule has 1 heterocycles. The van der Waals surface area contributed by atoms with Gasteiger partial charge < -0.3 is 9.64 Å². The van der Waals surface area contributed by atoms with Crippen molar-refractivity contribution in [3.8, 4) is 0 Å². The van der Waals surface area contributed by atoms with Crippen LogP contribution in [-0.4, -0.2) is 35.4 Å². The van der Waals surface area contributed by atoms with E-state index in [4.69, 9.17) is 16.3 Å². The molecule has 0 radical (unpaired) electrons. The smallest absolute Gasteiger partial charge is 0.404 e. The highest BCUT2D eigenvalue weighted by molar-refractivity contribution is 6.61. The summed E-state index contributed by atoms with van der Waals surface area (Å²) in [6.07, 6.45) is 1.05. The van der Waals surface area contributed by atoms with Crippen LogP contribution in [0.5, 0.6) is 0 Å². The molecule has 0 aromatic heterocycles. The van der Waals surface area contributed by atoms with Crippen molar-refractivity contribution in [1.82, 2.24) is 4.90 Å². The second kappa shape index (κ2) is 6.02. The molecule has 1 atom stereocenters. The molecule has 1 saturated heterocycles. The number of rotatable bonds is 2. The van der Waals surface area contributed by atoms with E-state index < -0.39 is 5.43 Å². The minimum absolute atomic E-state index is 0.199. The second-order valence-electron chi connectivity index (χ2n) is 4.38. The predicted octanol–water partition coefficient (Wildman–Crippen LogP) is 2.81. The topological polar surface area (TPSA) is 46.6 Å². The molecule has 19 heavy (non-hydrogen) atoms. The van der Waals surface area contributed by atoms with Gasteiger partial charge in [-0.05, 0) is 37.1 Å². The fraction of sp³-hybridized carbons (Fsp3) is 0.385. The highest BCUT2D eigenvalue weighted by Gasteiger charge is 2.26. The van der Waals surface area contributed by atoms with Gasteiger partial charge in [0.1, 0.15) is 11.9 Å². The van der Waals surface area contributed by atoms with Gasteiger partial charge in [0.15, 0.2) is 0 Å². The maximum atomic E-state index is 12.8. The van der Waals surface area contributed by atoms with Crippen LogP contribution in [0.15, 0.2) is 24.3 Å². The summed E-state index contributed by atoms with van der Waals surface area (Å²) in [5.41, 5.74) is -0.444. The predicted molar refractivity (Wildman–Crippen MR) is 67.7 cm³/mol. The van der Waals surface area contributed by atoms with Gasteiger partial charge in [-0.3, -0.25) is 4.79 Å². The minimum atomic E-state index is -0.860. The second-order valence-corrected chi connectivity index (χ2v) is 4.69. The molecule has 0 aliphatic carbocycles. The molecule has 1 fully saturated rings. The molecule has 4 nitrogen and oxygen atoms in total. The lowest BCUT2D eigenvalue weighted by Crippen LogP contribution is -2.43.